The zero-order valence-corrected chi connectivity index (χ0v) is 5.72. The fourth-order valence-corrected chi connectivity index (χ4v) is 0. The average Bonchev–Trinajstić information content (AvgIpc) is 1.38. The standard InChI is InChI=1S/BCl2H2P.Co/c1-4(2)3;/h1,4H;/q+1;/i1D;. The Labute approximate surface area is 54.9 Å². The molecule has 0 saturated heterocycles. The van der Waals surface area contributed by atoms with Crippen LogP contribution in [0.3, 0.4) is 0 Å². The summed E-state index contributed by atoms with van der Waals surface area (Å²) in [5.41, 5.74) is 0. The van der Waals surface area contributed by atoms with Crippen LogP contribution < -0.4 is 0 Å². The molecule has 32 valence electrons. The van der Waals surface area contributed by atoms with Crippen molar-refractivity contribution in [1.82, 2.24) is 0 Å². The summed E-state index contributed by atoms with van der Waals surface area (Å²) >= 11 is 10.2. The fraction of sp³-hybridized carbons (Fsp3) is 0. The quantitative estimate of drug-likeness (QED) is 0.416. The molecule has 0 aliphatic heterocycles. The minimum atomic E-state index is -1.39. The molecule has 0 saturated carbocycles. The zero-order valence-electron chi connectivity index (χ0n) is 3.17. The van der Waals surface area contributed by atoms with Crippen molar-refractivity contribution >= 4 is 36.5 Å². The number of rotatable bonds is 1. The summed E-state index contributed by atoms with van der Waals surface area (Å²) in [4.78, 5) is 0. The molecular formula is H2BCl2CoP+. The van der Waals surface area contributed by atoms with Crippen LogP contribution in [0.4, 0.5) is 0 Å². The second-order valence-electron chi connectivity index (χ2n) is 0.290. The molecule has 0 rings (SSSR count). The SMILES string of the molecule is [2H][B][PH+](Cl)Cl.[Co]. The van der Waals surface area contributed by atoms with Crippen LogP contribution in [0.15, 0.2) is 0 Å². The van der Waals surface area contributed by atoms with Crippen LogP contribution in [0.1, 0.15) is 0 Å². The van der Waals surface area contributed by atoms with Crippen LogP contribution in [-0.4, -0.2) is 8.86 Å². The minimum Gasteiger partial charge on any atom is 0 e. The third-order valence-electron chi connectivity index (χ3n) is 0. The Morgan fingerprint density at radius 2 is 2.00 bits per heavy atom. The van der Waals surface area contributed by atoms with E-state index in [0.29, 0.717) is 0 Å². The first-order valence-electron chi connectivity index (χ1n) is 1.24. The van der Waals surface area contributed by atoms with Crippen molar-refractivity contribution in [2.75, 3.05) is 0 Å². The van der Waals surface area contributed by atoms with E-state index in [9.17, 15) is 0 Å². The van der Waals surface area contributed by atoms with Crippen LogP contribution in [0, 0.1) is 0 Å². The smallest absolute Gasteiger partial charge is 0 e. The van der Waals surface area contributed by atoms with Gasteiger partial charge in [-0.2, -0.15) is 0 Å². The van der Waals surface area contributed by atoms with Gasteiger partial charge in [0.2, 0.25) is 0 Å². The second-order valence-corrected chi connectivity index (χ2v) is 3.89. The molecule has 0 heterocycles. The van der Waals surface area contributed by atoms with E-state index >= 15 is 0 Å². The first-order chi connectivity index (χ1) is 2.27. The maximum absolute atomic E-state index is 6.31. The summed E-state index contributed by atoms with van der Waals surface area (Å²) in [7, 11) is 1.05. The summed E-state index contributed by atoms with van der Waals surface area (Å²) in [6.07, 6.45) is 0. The van der Waals surface area contributed by atoms with Gasteiger partial charge >= 0.3 is 7.53 Å². The molecule has 0 unspecified atom stereocenters. The molecule has 0 aromatic heterocycles. The summed E-state index contributed by atoms with van der Waals surface area (Å²) in [6, 6.07) is 0. The van der Waals surface area contributed by atoms with Crippen LogP contribution >= 0.6 is 29.0 Å². The molecule has 0 spiro atoms. The van der Waals surface area contributed by atoms with Crippen LogP contribution in [-0.2, 0) is 16.8 Å². The molecular weight excluding hydrogens is 172 g/mol. The van der Waals surface area contributed by atoms with E-state index in [2.05, 4.69) is 0 Å². The van der Waals surface area contributed by atoms with Crippen molar-refractivity contribution in [3.05, 3.63) is 0 Å². The Kier molecular flexibility index (Phi) is 7.35. The van der Waals surface area contributed by atoms with Crippen molar-refractivity contribution < 1.29 is 16.8 Å². The first kappa shape index (κ1) is 6.58. The van der Waals surface area contributed by atoms with Gasteiger partial charge in [0.1, 0.15) is 6.51 Å². The molecule has 0 nitrogen and oxygen atoms in total. The molecule has 0 bridgehead atoms. The van der Waals surface area contributed by atoms with Crippen molar-refractivity contribution in [2.24, 2.45) is 0 Å². The average molecular weight is 175 g/mol. The van der Waals surface area contributed by atoms with E-state index in [4.69, 9.17) is 23.8 Å². The zero-order chi connectivity index (χ0) is 4.28. The number of hydrogen-bond acceptors (Lipinski definition) is 0. The van der Waals surface area contributed by atoms with Gasteiger partial charge in [-0.25, -0.2) is 0 Å². The predicted molar refractivity (Wildman–Crippen MR) is 27.2 cm³/mol. The normalized spacial score (nSPS) is 9.00. The fourth-order valence-electron chi connectivity index (χ4n) is 0. The number of hydrogen-bond donors (Lipinski definition) is 0. The molecule has 0 aliphatic rings. The van der Waals surface area contributed by atoms with Gasteiger partial charge in [-0.3, -0.25) is 0 Å². The molecule has 0 amide bonds. The Balaban J connectivity index is 0. The third kappa shape index (κ3) is 28.6. The van der Waals surface area contributed by atoms with Gasteiger partial charge < -0.3 is 0 Å². The Hall–Kier alpha value is 1.58. The molecule has 2 radical (unpaired) electrons. The largest absolute Gasteiger partial charge is 0.375 e. The minimum absolute atomic E-state index is 0. The van der Waals surface area contributed by atoms with E-state index in [1.165, 1.54) is 0 Å². The van der Waals surface area contributed by atoms with Gasteiger partial charge in [0.25, 0.3) is 0 Å². The Bertz CT molecular complexity index is 27.5. The summed E-state index contributed by atoms with van der Waals surface area (Å²) in [6.45, 7) is -1.39. The maximum atomic E-state index is 6.31. The van der Waals surface area contributed by atoms with Crippen molar-refractivity contribution in [3.63, 3.8) is 0 Å². The molecule has 0 aliphatic carbocycles. The Morgan fingerprint density at radius 3 is 2.00 bits per heavy atom. The molecule has 5 heteroatoms. The molecule has 0 aromatic rings. The maximum Gasteiger partial charge on any atom is 0.375 e. The topological polar surface area (TPSA) is 0 Å². The van der Waals surface area contributed by atoms with Crippen molar-refractivity contribution in [2.45, 2.75) is 0 Å². The molecule has 0 N–H and O–H groups in total. The Morgan fingerprint density at radius 1 is 1.80 bits per heavy atom. The molecule has 0 aromatic carbocycles. The van der Waals surface area contributed by atoms with E-state index in [-0.39, 0.29) is 16.8 Å². The third-order valence-corrected chi connectivity index (χ3v) is 0. The van der Waals surface area contributed by atoms with Crippen LogP contribution in [0.5, 0.6) is 0 Å². The van der Waals surface area contributed by atoms with Crippen LogP contribution in [0.2, 0.25) is 0 Å². The summed E-state index contributed by atoms with van der Waals surface area (Å²) in [5, 5.41) is 0. The van der Waals surface area contributed by atoms with Crippen LogP contribution in [0.25, 0.3) is 0 Å². The van der Waals surface area contributed by atoms with Gasteiger partial charge in [-0.05, 0) is 0 Å². The van der Waals surface area contributed by atoms with Gasteiger partial charge in [-0.15, -0.1) is 0 Å². The molecule has 5 heavy (non-hydrogen) atoms. The van der Waals surface area contributed by atoms with E-state index in [1.807, 2.05) is 0 Å². The summed E-state index contributed by atoms with van der Waals surface area (Å²) in [5.74, 6) is 0. The number of halogens is 2. The van der Waals surface area contributed by atoms with Crippen molar-refractivity contribution in [3.8, 4) is 0 Å². The molecule has 0 atom stereocenters. The monoisotopic (exact) mass is 174 g/mol. The van der Waals surface area contributed by atoms with E-state index in [1.54, 1.807) is 0 Å². The van der Waals surface area contributed by atoms with Gasteiger partial charge in [-0.1, -0.05) is 0 Å². The van der Waals surface area contributed by atoms with E-state index < -0.39 is 6.51 Å². The van der Waals surface area contributed by atoms with Gasteiger partial charge in [0.05, 0.1) is 22.5 Å². The van der Waals surface area contributed by atoms with E-state index in [0.717, 1.165) is 7.53 Å². The predicted octanol–water partition coefficient (Wildman–Crippen LogP) is 1.32. The first-order valence-corrected chi connectivity index (χ1v) is 4.27. The van der Waals surface area contributed by atoms with Gasteiger partial charge in [0, 0.05) is 18.1 Å². The van der Waals surface area contributed by atoms with Gasteiger partial charge in [0.15, 0.2) is 0 Å². The molecule has 0 fully saturated rings. The second kappa shape index (κ2) is 5.58. The van der Waals surface area contributed by atoms with Crippen molar-refractivity contribution in [1.29, 1.82) is 1.34 Å². The summed E-state index contributed by atoms with van der Waals surface area (Å²) < 4.78 is 6.31.